The highest BCUT2D eigenvalue weighted by Gasteiger charge is 2.54. The molecular weight excluding hydrogens is 1560 g/mol. The highest BCUT2D eigenvalue weighted by molar-refractivity contribution is 7.46. The van der Waals surface area contributed by atoms with Crippen LogP contribution in [0.1, 0.15) is 478 Å². The van der Waals surface area contributed by atoms with Crippen molar-refractivity contribution in [2.24, 2.45) is 0 Å². The van der Waals surface area contributed by atoms with E-state index in [1.165, 1.54) is 135 Å². The first-order valence-corrected chi connectivity index (χ1v) is 51.5. The molecule has 2 heterocycles. The largest absolute Gasteiger partial charge is 0.470 e. The Bertz CT molecular complexity index is 2550. The van der Waals surface area contributed by atoms with E-state index in [0.717, 1.165) is 199 Å². The average Bonchev–Trinajstić information content (AvgIpc) is 0.785. The Balaban J connectivity index is 2.73. The highest BCUT2D eigenvalue weighted by atomic mass is 31.2. The summed E-state index contributed by atoms with van der Waals surface area (Å²) in [6.07, 6.45) is 40.7. The van der Waals surface area contributed by atoms with Crippen molar-refractivity contribution in [2.75, 3.05) is 13.2 Å². The van der Waals surface area contributed by atoms with Crippen LogP contribution in [0.5, 0.6) is 0 Å². The van der Waals surface area contributed by atoms with Crippen molar-refractivity contribution in [1.29, 1.82) is 0 Å². The molecule has 0 aliphatic carbocycles. The third-order valence-electron chi connectivity index (χ3n) is 24.1. The lowest BCUT2D eigenvalue weighted by Crippen LogP contribution is -2.68. The Labute approximate surface area is 733 Å². The fourth-order valence-electron chi connectivity index (χ4n) is 16.7. The number of hydrogen-bond donors (Lipinski definition) is 9. The number of unbranched alkanes of at least 4 members (excludes halogenated alkanes) is 52. The number of phosphoric ester groups is 1. The van der Waals surface area contributed by atoms with Crippen molar-refractivity contribution >= 4 is 43.5 Å². The zero-order valence-electron chi connectivity index (χ0n) is 77.3. The number of hydrogen-bond acceptors (Lipinski definition) is 20. The summed E-state index contributed by atoms with van der Waals surface area (Å²) in [5.74, 6) is -4.55. The van der Waals surface area contributed by atoms with Crippen molar-refractivity contribution in [3.8, 4) is 0 Å². The molecule has 712 valence electrons. The van der Waals surface area contributed by atoms with E-state index >= 15 is 4.79 Å². The molecule has 2 amide bonds. The van der Waals surface area contributed by atoms with E-state index in [0.29, 0.717) is 51.4 Å². The zero-order chi connectivity index (χ0) is 88.6. The molecule has 24 nitrogen and oxygen atoms in total. The van der Waals surface area contributed by atoms with Gasteiger partial charge in [-0.25, -0.2) is 4.57 Å². The van der Waals surface area contributed by atoms with Gasteiger partial charge in [-0.05, 0) is 51.4 Å². The van der Waals surface area contributed by atoms with Gasteiger partial charge in [0.05, 0.1) is 51.1 Å². The van der Waals surface area contributed by atoms with E-state index in [4.69, 9.17) is 37.7 Å². The summed E-state index contributed by atoms with van der Waals surface area (Å²) in [7, 11) is -5.62. The number of rotatable bonds is 84. The van der Waals surface area contributed by atoms with Gasteiger partial charge < -0.3 is 79.1 Å². The molecule has 25 heteroatoms. The van der Waals surface area contributed by atoms with Gasteiger partial charge in [0.15, 0.2) is 24.8 Å². The molecule has 2 saturated heterocycles. The number of carbonyl (C=O) groups excluding carboxylic acids is 6. The molecule has 121 heavy (non-hydrogen) atoms. The van der Waals surface area contributed by atoms with E-state index in [-0.39, 0.29) is 25.7 Å². The maximum Gasteiger partial charge on any atom is 0.470 e. The van der Waals surface area contributed by atoms with Gasteiger partial charge in [0, 0.05) is 12.8 Å². The predicted molar refractivity (Wildman–Crippen MR) is 479 cm³/mol. The van der Waals surface area contributed by atoms with Gasteiger partial charge in [0.25, 0.3) is 0 Å². The summed E-state index contributed by atoms with van der Waals surface area (Å²) in [6.45, 7) is 11.3. The first-order chi connectivity index (χ1) is 58.6. The minimum atomic E-state index is -5.62. The summed E-state index contributed by atoms with van der Waals surface area (Å²) in [4.78, 5) is 107. The average molecular weight is 1750 g/mol. The predicted octanol–water partition coefficient (Wildman–Crippen LogP) is 21.3. The van der Waals surface area contributed by atoms with Crippen LogP contribution < -0.4 is 10.6 Å². The van der Waals surface area contributed by atoms with Crippen molar-refractivity contribution in [1.82, 2.24) is 10.6 Å². The topological polar surface area (TPSA) is 359 Å². The Morgan fingerprint density at radius 3 is 1.02 bits per heavy atom. The van der Waals surface area contributed by atoms with Crippen LogP contribution >= 0.6 is 7.82 Å². The van der Waals surface area contributed by atoms with Crippen molar-refractivity contribution < 1.29 is 106 Å². The third kappa shape index (κ3) is 60.9. The maximum absolute atomic E-state index is 15.1. The molecule has 2 fully saturated rings. The number of nitrogens with one attached hydrogen (secondary N) is 2. The minimum absolute atomic E-state index is 0.111. The van der Waals surface area contributed by atoms with E-state index in [9.17, 15) is 63.9 Å². The number of esters is 4. The Morgan fingerprint density at radius 2 is 0.653 bits per heavy atom. The molecule has 14 atom stereocenters. The molecule has 9 N–H and O–H groups in total. The molecule has 0 saturated carbocycles. The second kappa shape index (κ2) is 76.6. The standard InChI is InChI=1S/C96H181N2O22P/c1-7-13-19-25-31-37-39-45-51-57-63-69-85(104)114-79(67-61-55-49-43-35-29-23-17-11-5)73-84(103)98-90-94(119-88(107)74-80(68-62-56-50-44-36-30-24-18-12-6)115-86(105)70-64-58-52-46-40-38-32-26-20-14-8-2)92(120-121(110,111)112)81(75-99)117-96(90)113-76-82-91(108)93(118-87(106)72-78(101)66-60-54-48-42-34-28-22-16-10-4)89(95(109)116-82)97-83(102)71-77(100)65-59-53-47-41-33-27-21-15-9-3/h77-82,89-96,99-101,108-109H,7-76H2,1-6H3,(H,97,102)(H,98,103)(H2,110,111,112)/t77-,78-,79-,80-,81?,82?,89?,90?,91-,92-,93?,94?,95+,96-/m1/s1. The van der Waals surface area contributed by atoms with Gasteiger partial charge in [0.1, 0.15) is 48.7 Å². The second-order valence-electron chi connectivity index (χ2n) is 35.7. The van der Waals surface area contributed by atoms with Crippen LogP contribution in [0.15, 0.2) is 0 Å². The molecule has 0 aromatic carbocycles. The molecular formula is C96H181N2O22P. The fraction of sp³-hybridized carbons (Fsp3) is 0.938. The van der Waals surface area contributed by atoms with E-state index in [2.05, 4.69) is 52.2 Å². The normalized spacial score (nSPS) is 20.4. The number of phosphoric acid groups is 1. The van der Waals surface area contributed by atoms with Gasteiger partial charge in [-0.1, -0.05) is 388 Å². The first kappa shape index (κ1) is 114. The van der Waals surface area contributed by atoms with Crippen LogP contribution in [0.4, 0.5) is 0 Å². The Morgan fingerprint density at radius 1 is 0.347 bits per heavy atom. The van der Waals surface area contributed by atoms with Crippen molar-refractivity contribution in [3.05, 3.63) is 0 Å². The highest BCUT2D eigenvalue weighted by Crippen LogP contribution is 2.43. The molecule has 0 radical (unpaired) electrons. The monoisotopic (exact) mass is 1750 g/mol. The van der Waals surface area contributed by atoms with Crippen LogP contribution in [0, 0.1) is 0 Å². The number of amides is 2. The quantitative estimate of drug-likeness (QED) is 0.0118. The van der Waals surface area contributed by atoms with Gasteiger partial charge in [0.2, 0.25) is 11.8 Å². The SMILES string of the molecule is CCCCCCCCCCCCCC(=O)O[C@H](CCCCCCCCCCC)CC(=O)NC1C(OC(=O)C[C@@H](CCCCCCCCCCC)OC(=O)CCCCCCCCCCCCC)[C@H](OP(=O)(O)O)C(CO)O[C@H]1OCC1O[C@H](O)C(NC(=O)C[C@H](O)CCCCCCCCCCC)C(OC(=O)C[C@H](O)CCCCCCCCCCC)[C@@H]1O. The Kier molecular flexibility index (Phi) is 72.0. The first-order valence-electron chi connectivity index (χ1n) is 50.0. The summed E-state index contributed by atoms with van der Waals surface area (Å²) in [6, 6.07) is -3.47. The van der Waals surface area contributed by atoms with Gasteiger partial charge >= 0.3 is 31.7 Å². The lowest BCUT2D eigenvalue weighted by Gasteiger charge is -2.46. The molecule has 0 spiro atoms. The minimum Gasteiger partial charge on any atom is -0.462 e. The van der Waals surface area contributed by atoms with E-state index in [1.54, 1.807) is 0 Å². The van der Waals surface area contributed by atoms with Crippen molar-refractivity contribution in [2.45, 2.75) is 564 Å². The summed E-state index contributed by atoms with van der Waals surface area (Å²) < 4.78 is 61.9. The van der Waals surface area contributed by atoms with Crippen LogP contribution in [-0.4, -0.2) is 170 Å². The zero-order valence-corrected chi connectivity index (χ0v) is 78.2. The summed E-state index contributed by atoms with van der Waals surface area (Å²) in [5, 5.41) is 63.3. The summed E-state index contributed by atoms with van der Waals surface area (Å²) >= 11 is 0. The second-order valence-corrected chi connectivity index (χ2v) is 36.8. The van der Waals surface area contributed by atoms with Crippen LogP contribution in [0.2, 0.25) is 0 Å². The van der Waals surface area contributed by atoms with Gasteiger partial charge in [-0.3, -0.25) is 33.3 Å². The smallest absolute Gasteiger partial charge is 0.462 e. The molecule has 0 aromatic heterocycles. The third-order valence-corrected chi connectivity index (χ3v) is 24.6. The van der Waals surface area contributed by atoms with Gasteiger partial charge in [-0.2, -0.15) is 0 Å². The molecule has 2 aliphatic rings. The Hall–Kier alpha value is -3.39. The molecule has 6 unspecified atom stereocenters. The van der Waals surface area contributed by atoms with Crippen LogP contribution in [-0.2, 0) is 71.0 Å². The lowest BCUT2D eigenvalue weighted by atomic mass is 9.95. The molecule has 0 aromatic rings. The van der Waals surface area contributed by atoms with E-state index < -0.39 is 168 Å². The van der Waals surface area contributed by atoms with Crippen molar-refractivity contribution in [3.63, 3.8) is 0 Å². The van der Waals surface area contributed by atoms with E-state index in [1.807, 2.05) is 0 Å². The maximum atomic E-state index is 15.1. The number of aliphatic hydroxyl groups excluding tert-OH is 5. The molecule has 2 rings (SSSR count). The fourth-order valence-corrected chi connectivity index (χ4v) is 17.3. The summed E-state index contributed by atoms with van der Waals surface area (Å²) in [5.41, 5.74) is 0. The number of carbonyl (C=O) groups is 6. The molecule has 0 bridgehead atoms. The van der Waals surface area contributed by atoms with Gasteiger partial charge in [-0.15, -0.1) is 0 Å². The van der Waals surface area contributed by atoms with Crippen LogP contribution in [0.25, 0.3) is 0 Å². The number of aliphatic hydroxyl groups is 5. The lowest BCUT2D eigenvalue weighted by molar-refractivity contribution is -0.298. The molecule has 2 aliphatic heterocycles. The van der Waals surface area contributed by atoms with Crippen LogP contribution in [0.3, 0.4) is 0 Å². The number of ether oxygens (including phenoxy) is 7.